The van der Waals surface area contributed by atoms with Gasteiger partial charge in [-0.2, -0.15) is 0 Å². The average Bonchev–Trinajstić information content (AvgIpc) is 2.76. The molecule has 1 aliphatic rings. The van der Waals surface area contributed by atoms with E-state index < -0.39 is 0 Å². The molecule has 31 heavy (non-hydrogen) atoms. The summed E-state index contributed by atoms with van der Waals surface area (Å²) in [7, 11) is 0. The summed E-state index contributed by atoms with van der Waals surface area (Å²) in [5, 5.41) is 0. The Kier molecular flexibility index (Phi) is 15.8. The fraction of sp³-hybridized carbons (Fsp3) is 0.926. The second-order valence-corrected chi connectivity index (χ2v) is 10.1. The van der Waals surface area contributed by atoms with E-state index in [1.165, 1.54) is 38.5 Å². The fourth-order valence-electron chi connectivity index (χ4n) is 4.64. The van der Waals surface area contributed by atoms with Gasteiger partial charge in [0, 0.05) is 0 Å². The topological polar surface area (TPSA) is 52.6 Å². The van der Waals surface area contributed by atoms with Crippen molar-refractivity contribution in [1.29, 1.82) is 0 Å². The molecular weight excluding hydrogens is 388 g/mol. The van der Waals surface area contributed by atoms with E-state index in [0.29, 0.717) is 25.6 Å². The van der Waals surface area contributed by atoms with Gasteiger partial charge in [0.2, 0.25) is 0 Å². The van der Waals surface area contributed by atoms with Crippen LogP contribution in [0.5, 0.6) is 0 Å². The standard InChI is InChI=1S/C27H50O4/c1-5-7-10-16-23(14-6-2)21-31-27(29)25-18-13-17-24(20-25)26(28)30-19-12-9-8-11-15-22(3)4/h22-25H,5-21H2,1-4H3. The molecule has 3 unspecified atom stereocenters. The summed E-state index contributed by atoms with van der Waals surface area (Å²) >= 11 is 0. The molecule has 0 N–H and O–H groups in total. The molecule has 1 saturated carbocycles. The van der Waals surface area contributed by atoms with Crippen LogP contribution < -0.4 is 0 Å². The highest BCUT2D eigenvalue weighted by molar-refractivity contribution is 5.76. The molecule has 4 nitrogen and oxygen atoms in total. The van der Waals surface area contributed by atoms with Crippen LogP contribution in [0, 0.1) is 23.7 Å². The smallest absolute Gasteiger partial charge is 0.308 e. The van der Waals surface area contributed by atoms with E-state index in [1.807, 2.05) is 0 Å². The minimum absolute atomic E-state index is 0.0979. The SMILES string of the molecule is CCCCCC(CCC)COC(=O)C1CCCC(C(=O)OCCCCCCC(C)C)C1. The zero-order valence-corrected chi connectivity index (χ0v) is 21.0. The van der Waals surface area contributed by atoms with Gasteiger partial charge < -0.3 is 9.47 Å². The third kappa shape index (κ3) is 13.2. The molecule has 4 heteroatoms. The minimum atomic E-state index is -0.139. The predicted molar refractivity (Wildman–Crippen MR) is 128 cm³/mol. The number of hydrogen-bond donors (Lipinski definition) is 0. The Labute approximate surface area is 192 Å². The van der Waals surface area contributed by atoms with Gasteiger partial charge in [-0.3, -0.25) is 9.59 Å². The van der Waals surface area contributed by atoms with Gasteiger partial charge in [-0.15, -0.1) is 0 Å². The van der Waals surface area contributed by atoms with Crippen molar-refractivity contribution in [1.82, 2.24) is 0 Å². The van der Waals surface area contributed by atoms with Crippen molar-refractivity contribution in [3.63, 3.8) is 0 Å². The van der Waals surface area contributed by atoms with Gasteiger partial charge in [-0.25, -0.2) is 0 Å². The van der Waals surface area contributed by atoms with Crippen molar-refractivity contribution in [2.75, 3.05) is 13.2 Å². The number of rotatable bonds is 17. The molecule has 0 aromatic heterocycles. The summed E-state index contributed by atoms with van der Waals surface area (Å²) in [5.41, 5.74) is 0. The normalized spacial score (nSPS) is 19.9. The van der Waals surface area contributed by atoms with Gasteiger partial charge in [0.1, 0.15) is 0 Å². The number of carbonyl (C=O) groups is 2. The van der Waals surface area contributed by atoms with Crippen molar-refractivity contribution in [2.24, 2.45) is 23.7 Å². The molecule has 1 fully saturated rings. The zero-order valence-electron chi connectivity index (χ0n) is 21.0. The summed E-state index contributed by atoms with van der Waals surface area (Å²) in [6, 6.07) is 0. The molecule has 0 amide bonds. The van der Waals surface area contributed by atoms with Gasteiger partial charge in [0.15, 0.2) is 0 Å². The van der Waals surface area contributed by atoms with Crippen LogP contribution >= 0.6 is 0 Å². The molecule has 0 spiro atoms. The molecule has 0 aromatic rings. The van der Waals surface area contributed by atoms with Crippen molar-refractivity contribution < 1.29 is 19.1 Å². The molecule has 0 radical (unpaired) electrons. The van der Waals surface area contributed by atoms with Crippen LogP contribution in [0.25, 0.3) is 0 Å². The number of carbonyl (C=O) groups excluding carboxylic acids is 2. The van der Waals surface area contributed by atoms with Crippen LogP contribution in [0.2, 0.25) is 0 Å². The van der Waals surface area contributed by atoms with Gasteiger partial charge in [-0.05, 0) is 50.4 Å². The monoisotopic (exact) mass is 438 g/mol. The second kappa shape index (κ2) is 17.5. The van der Waals surface area contributed by atoms with E-state index in [2.05, 4.69) is 27.7 Å². The van der Waals surface area contributed by atoms with E-state index in [9.17, 15) is 9.59 Å². The van der Waals surface area contributed by atoms with Crippen LogP contribution in [0.15, 0.2) is 0 Å². The van der Waals surface area contributed by atoms with Crippen LogP contribution in [0.1, 0.15) is 124 Å². The van der Waals surface area contributed by atoms with Crippen LogP contribution in [-0.2, 0) is 19.1 Å². The second-order valence-electron chi connectivity index (χ2n) is 10.1. The highest BCUT2D eigenvalue weighted by Gasteiger charge is 2.33. The first-order chi connectivity index (χ1) is 15.0. The molecule has 0 aromatic carbocycles. The maximum absolute atomic E-state index is 12.6. The van der Waals surface area contributed by atoms with Crippen molar-refractivity contribution in [2.45, 2.75) is 124 Å². The molecule has 3 atom stereocenters. The zero-order chi connectivity index (χ0) is 22.9. The molecule has 1 rings (SSSR count). The molecule has 0 aliphatic heterocycles. The highest BCUT2D eigenvalue weighted by Crippen LogP contribution is 2.31. The van der Waals surface area contributed by atoms with E-state index >= 15 is 0 Å². The number of ether oxygens (including phenoxy) is 2. The third-order valence-electron chi connectivity index (χ3n) is 6.64. The van der Waals surface area contributed by atoms with E-state index in [4.69, 9.17) is 9.47 Å². The van der Waals surface area contributed by atoms with Gasteiger partial charge in [-0.1, -0.05) is 85.5 Å². The number of hydrogen-bond acceptors (Lipinski definition) is 4. The van der Waals surface area contributed by atoms with Crippen molar-refractivity contribution in [3.05, 3.63) is 0 Å². The lowest BCUT2D eigenvalue weighted by Crippen LogP contribution is -2.30. The Balaban J connectivity index is 2.28. The predicted octanol–water partition coefficient (Wildman–Crippen LogP) is 7.48. The molecule has 0 heterocycles. The molecule has 0 bridgehead atoms. The molecule has 182 valence electrons. The summed E-state index contributed by atoms with van der Waals surface area (Å²) in [6.07, 6.45) is 16.1. The Morgan fingerprint density at radius 1 is 0.774 bits per heavy atom. The molecule has 0 saturated heterocycles. The van der Waals surface area contributed by atoms with Crippen LogP contribution in [0.3, 0.4) is 0 Å². The maximum Gasteiger partial charge on any atom is 0.308 e. The summed E-state index contributed by atoms with van der Waals surface area (Å²) in [4.78, 5) is 25.1. The first-order valence-electron chi connectivity index (χ1n) is 13.3. The number of esters is 2. The van der Waals surface area contributed by atoms with Crippen molar-refractivity contribution >= 4 is 11.9 Å². The Morgan fingerprint density at radius 3 is 2.06 bits per heavy atom. The lowest BCUT2D eigenvalue weighted by Gasteiger charge is -2.27. The van der Waals surface area contributed by atoms with E-state index in [1.54, 1.807) is 0 Å². The first kappa shape index (κ1) is 28.0. The lowest BCUT2D eigenvalue weighted by molar-refractivity contribution is -0.156. The number of unbranched alkanes of at least 4 members (excludes halogenated alkanes) is 5. The largest absolute Gasteiger partial charge is 0.465 e. The molecule has 1 aliphatic carbocycles. The first-order valence-corrected chi connectivity index (χ1v) is 13.3. The van der Waals surface area contributed by atoms with Crippen LogP contribution in [-0.4, -0.2) is 25.2 Å². The van der Waals surface area contributed by atoms with Gasteiger partial charge >= 0.3 is 11.9 Å². The Morgan fingerprint density at radius 2 is 1.42 bits per heavy atom. The van der Waals surface area contributed by atoms with Crippen LogP contribution in [0.4, 0.5) is 0 Å². The summed E-state index contributed by atoms with van der Waals surface area (Å²) in [5.74, 6) is 0.763. The van der Waals surface area contributed by atoms with Gasteiger partial charge in [0.25, 0.3) is 0 Å². The third-order valence-corrected chi connectivity index (χ3v) is 6.64. The van der Waals surface area contributed by atoms with E-state index in [-0.39, 0.29) is 23.8 Å². The lowest BCUT2D eigenvalue weighted by atomic mass is 9.81. The Hall–Kier alpha value is -1.06. The summed E-state index contributed by atoms with van der Waals surface area (Å²) in [6.45, 7) is 9.98. The van der Waals surface area contributed by atoms with Gasteiger partial charge in [0.05, 0.1) is 25.0 Å². The summed E-state index contributed by atoms with van der Waals surface area (Å²) < 4.78 is 11.2. The highest BCUT2D eigenvalue weighted by atomic mass is 16.5. The van der Waals surface area contributed by atoms with Crippen molar-refractivity contribution in [3.8, 4) is 0 Å². The maximum atomic E-state index is 12.6. The Bertz CT molecular complexity index is 474. The molecular formula is C27H50O4. The quantitative estimate of drug-likeness (QED) is 0.174. The fourth-order valence-corrected chi connectivity index (χ4v) is 4.64. The minimum Gasteiger partial charge on any atom is -0.465 e. The average molecular weight is 439 g/mol. The van der Waals surface area contributed by atoms with E-state index in [0.717, 1.165) is 57.3 Å².